The van der Waals surface area contributed by atoms with E-state index in [-0.39, 0.29) is 23.0 Å². The summed E-state index contributed by atoms with van der Waals surface area (Å²) in [6.45, 7) is 3.78. The van der Waals surface area contributed by atoms with Gasteiger partial charge in [0.2, 0.25) is 11.8 Å². The van der Waals surface area contributed by atoms with Crippen molar-refractivity contribution in [2.75, 3.05) is 0 Å². The van der Waals surface area contributed by atoms with Gasteiger partial charge in [0, 0.05) is 11.1 Å². The van der Waals surface area contributed by atoms with Crippen LogP contribution in [0.25, 0.3) is 0 Å². The lowest BCUT2D eigenvalue weighted by atomic mass is 9.88. The summed E-state index contributed by atoms with van der Waals surface area (Å²) in [6, 6.07) is 6.84. The highest BCUT2D eigenvalue weighted by molar-refractivity contribution is 5.95. The van der Waals surface area contributed by atoms with Crippen molar-refractivity contribution in [1.82, 2.24) is 0 Å². The first-order valence-corrected chi connectivity index (χ1v) is 11.9. The van der Waals surface area contributed by atoms with Gasteiger partial charge in [-0.15, -0.1) is 26.3 Å². The molecule has 4 N–H and O–H groups in total. The normalized spacial score (nSPS) is 13.6. The predicted octanol–water partition coefficient (Wildman–Crippen LogP) is 6.61. The van der Waals surface area contributed by atoms with Crippen molar-refractivity contribution in [2.24, 2.45) is 17.4 Å². The second-order valence-electron chi connectivity index (χ2n) is 9.22. The molecule has 0 bridgehead atoms. The molecule has 12 heteroatoms. The minimum Gasteiger partial charge on any atom is -0.406 e. The molecule has 38 heavy (non-hydrogen) atoms. The van der Waals surface area contributed by atoms with Crippen LogP contribution in [-0.4, -0.2) is 24.5 Å². The number of carbonyl (C=O) groups is 2. The fraction of sp³-hybridized carbons (Fsp3) is 0.462. The van der Waals surface area contributed by atoms with Crippen molar-refractivity contribution in [1.29, 1.82) is 0 Å². The average Bonchev–Trinajstić information content (AvgIpc) is 2.76. The molecular formula is C26H30F6N2O4. The molecule has 0 aromatic heterocycles. The van der Waals surface area contributed by atoms with Gasteiger partial charge in [-0.05, 0) is 78.6 Å². The number of primary amides is 2. The Hall–Kier alpha value is -3.44. The number of nitrogens with two attached hydrogens (primary N) is 2. The number of ether oxygens (including phenoxy) is 2. The number of aryl methyl sites for hydroxylation is 1. The Labute approximate surface area is 216 Å². The standard InChI is InChI=1S/C26H30F6N2O4/c1-15(6-4-8-17-13-18(37-25(27,28)29)9-11-20(17)23(33)35)5-3-7-16(2)22-14-19(38-26(30,31)32)10-12-21(22)24(34)36/h9-16H,3-8H2,1-2H3,(H2,33,35)(H2,34,36). The van der Waals surface area contributed by atoms with E-state index < -0.39 is 36.0 Å². The Morgan fingerprint density at radius 2 is 1.26 bits per heavy atom. The quantitative estimate of drug-likeness (QED) is 0.275. The van der Waals surface area contributed by atoms with Crippen molar-refractivity contribution in [3.8, 4) is 11.5 Å². The van der Waals surface area contributed by atoms with Crippen molar-refractivity contribution >= 4 is 11.8 Å². The highest BCUT2D eigenvalue weighted by Gasteiger charge is 2.32. The molecule has 2 atom stereocenters. The van der Waals surface area contributed by atoms with Crippen molar-refractivity contribution < 1.29 is 45.4 Å². The molecule has 2 rings (SSSR count). The van der Waals surface area contributed by atoms with E-state index in [1.165, 1.54) is 18.2 Å². The SMILES string of the molecule is CC(CCCc1cc(OC(F)(F)F)ccc1C(N)=O)CCCC(C)c1cc(OC(F)(F)F)ccc1C(N)=O. The molecular weight excluding hydrogens is 518 g/mol. The fourth-order valence-electron chi connectivity index (χ4n) is 4.30. The molecule has 0 radical (unpaired) electrons. The zero-order chi connectivity index (χ0) is 28.7. The lowest BCUT2D eigenvalue weighted by molar-refractivity contribution is -0.275. The van der Waals surface area contributed by atoms with Crippen LogP contribution in [0.1, 0.15) is 83.7 Å². The maximum absolute atomic E-state index is 12.6. The molecule has 0 aliphatic heterocycles. The van der Waals surface area contributed by atoms with Crippen LogP contribution in [0.2, 0.25) is 0 Å². The summed E-state index contributed by atoms with van der Waals surface area (Å²) in [6.07, 6.45) is -6.09. The van der Waals surface area contributed by atoms with Crippen molar-refractivity contribution in [2.45, 2.75) is 71.0 Å². The molecule has 0 heterocycles. The lowest BCUT2D eigenvalue weighted by Gasteiger charge is -2.18. The molecule has 0 fully saturated rings. The molecule has 0 saturated heterocycles. The molecule has 0 saturated carbocycles. The van der Waals surface area contributed by atoms with Crippen molar-refractivity contribution in [3.63, 3.8) is 0 Å². The van der Waals surface area contributed by atoms with E-state index in [0.29, 0.717) is 43.2 Å². The summed E-state index contributed by atoms with van der Waals surface area (Å²) in [5, 5.41) is 0. The van der Waals surface area contributed by atoms with Crippen molar-refractivity contribution in [3.05, 3.63) is 58.7 Å². The van der Waals surface area contributed by atoms with Crippen LogP contribution in [0.3, 0.4) is 0 Å². The largest absolute Gasteiger partial charge is 0.573 e. The third-order valence-electron chi connectivity index (χ3n) is 6.11. The third kappa shape index (κ3) is 10.1. The first-order valence-electron chi connectivity index (χ1n) is 11.9. The van der Waals surface area contributed by atoms with Gasteiger partial charge in [0.25, 0.3) is 0 Å². The number of hydrogen-bond acceptors (Lipinski definition) is 4. The van der Waals surface area contributed by atoms with Crippen LogP contribution in [0.5, 0.6) is 11.5 Å². The first-order chi connectivity index (χ1) is 17.6. The Kier molecular flexibility index (Phi) is 10.4. The van der Waals surface area contributed by atoms with Gasteiger partial charge < -0.3 is 20.9 Å². The van der Waals surface area contributed by atoms with E-state index in [4.69, 9.17) is 11.5 Å². The summed E-state index contributed by atoms with van der Waals surface area (Å²) in [7, 11) is 0. The van der Waals surface area contributed by atoms with Gasteiger partial charge in [0.1, 0.15) is 11.5 Å². The van der Waals surface area contributed by atoms with E-state index in [1.807, 2.05) is 6.92 Å². The molecule has 0 aliphatic rings. The van der Waals surface area contributed by atoms with Gasteiger partial charge in [-0.2, -0.15) is 0 Å². The zero-order valence-electron chi connectivity index (χ0n) is 20.9. The summed E-state index contributed by atoms with van der Waals surface area (Å²) in [5.74, 6) is -2.42. The maximum atomic E-state index is 12.6. The van der Waals surface area contributed by atoms with Crippen LogP contribution in [-0.2, 0) is 6.42 Å². The third-order valence-corrected chi connectivity index (χ3v) is 6.11. The summed E-state index contributed by atoms with van der Waals surface area (Å²) in [5.41, 5.74) is 11.7. The molecule has 210 valence electrons. The van der Waals surface area contributed by atoms with Gasteiger partial charge in [0.15, 0.2) is 0 Å². The second-order valence-corrected chi connectivity index (χ2v) is 9.22. The van der Waals surface area contributed by atoms with Gasteiger partial charge >= 0.3 is 12.7 Å². The van der Waals surface area contributed by atoms with Gasteiger partial charge in [-0.3, -0.25) is 9.59 Å². The first kappa shape index (κ1) is 30.8. The number of hydrogen-bond donors (Lipinski definition) is 2. The zero-order valence-corrected chi connectivity index (χ0v) is 20.9. The lowest BCUT2D eigenvalue weighted by Crippen LogP contribution is -2.19. The van der Waals surface area contributed by atoms with Crippen LogP contribution < -0.4 is 20.9 Å². The number of alkyl halides is 6. The fourth-order valence-corrected chi connectivity index (χ4v) is 4.30. The van der Waals surface area contributed by atoms with E-state index in [2.05, 4.69) is 9.47 Å². The van der Waals surface area contributed by atoms with E-state index in [9.17, 15) is 35.9 Å². The molecule has 2 aromatic rings. The molecule has 6 nitrogen and oxygen atoms in total. The van der Waals surface area contributed by atoms with Gasteiger partial charge in [-0.25, -0.2) is 0 Å². The van der Waals surface area contributed by atoms with Crippen LogP contribution in [0.15, 0.2) is 36.4 Å². The van der Waals surface area contributed by atoms with Crippen LogP contribution in [0, 0.1) is 5.92 Å². The Morgan fingerprint density at radius 3 is 1.79 bits per heavy atom. The molecule has 0 aliphatic carbocycles. The van der Waals surface area contributed by atoms with Crippen LogP contribution >= 0.6 is 0 Å². The topological polar surface area (TPSA) is 105 Å². The summed E-state index contributed by atoms with van der Waals surface area (Å²) >= 11 is 0. The van der Waals surface area contributed by atoms with Gasteiger partial charge in [0.05, 0.1) is 0 Å². The molecule has 2 unspecified atom stereocenters. The number of benzene rings is 2. The van der Waals surface area contributed by atoms with E-state index in [0.717, 1.165) is 24.6 Å². The average molecular weight is 549 g/mol. The van der Waals surface area contributed by atoms with E-state index >= 15 is 0 Å². The van der Waals surface area contributed by atoms with E-state index in [1.54, 1.807) is 6.92 Å². The summed E-state index contributed by atoms with van der Waals surface area (Å²) in [4.78, 5) is 23.4. The van der Waals surface area contributed by atoms with Crippen LogP contribution in [0.4, 0.5) is 26.3 Å². The van der Waals surface area contributed by atoms with Gasteiger partial charge in [-0.1, -0.05) is 33.1 Å². The molecule has 2 amide bonds. The highest BCUT2D eigenvalue weighted by Crippen LogP contribution is 2.32. The summed E-state index contributed by atoms with van der Waals surface area (Å²) < 4.78 is 83.3. The highest BCUT2D eigenvalue weighted by atomic mass is 19.4. The minimum absolute atomic E-state index is 0.127. The number of rotatable bonds is 13. The number of halogens is 6. The monoisotopic (exact) mass is 548 g/mol. The molecule has 0 spiro atoms. The predicted molar refractivity (Wildman–Crippen MR) is 128 cm³/mol. The Balaban J connectivity index is 1.93. The molecule has 2 aromatic carbocycles. The number of amides is 2. The number of carbonyl (C=O) groups excluding carboxylic acids is 2. The Bertz CT molecular complexity index is 1120. The smallest absolute Gasteiger partial charge is 0.406 e. The Morgan fingerprint density at radius 1 is 0.763 bits per heavy atom. The maximum Gasteiger partial charge on any atom is 0.573 e. The minimum atomic E-state index is -4.87. The second kappa shape index (κ2) is 12.9.